The number of benzene rings is 1. The molecule has 6 rings (SSSR count). The first-order valence-electron chi connectivity index (χ1n) is 13.5. The molecule has 0 amide bonds. The van der Waals surface area contributed by atoms with E-state index in [2.05, 4.69) is 50.8 Å². The first-order chi connectivity index (χ1) is 18.1. The molecule has 2 aliphatic heterocycles. The van der Waals surface area contributed by atoms with Crippen LogP contribution in [0.25, 0.3) is 28.1 Å². The van der Waals surface area contributed by atoms with E-state index in [0.717, 1.165) is 85.5 Å². The first kappa shape index (κ1) is 24.3. The molecular formula is C27H37N9O. The Labute approximate surface area is 217 Å². The molecule has 10 heteroatoms. The molecule has 0 bridgehead atoms. The van der Waals surface area contributed by atoms with Gasteiger partial charge in [-0.2, -0.15) is 9.97 Å². The van der Waals surface area contributed by atoms with Crippen molar-refractivity contribution >= 4 is 28.0 Å². The molecular weight excluding hydrogens is 466 g/mol. The predicted octanol–water partition coefficient (Wildman–Crippen LogP) is 2.76. The molecule has 5 heterocycles. The zero-order valence-corrected chi connectivity index (χ0v) is 22.4. The molecule has 2 saturated heterocycles. The number of hydrogen-bond donors (Lipinski definition) is 0. The molecule has 37 heavy (non-hydrogen) atoms. The van der Waals surface area contributed by atoms with Crippen LogP contribution in [0.4, 0.5) is 5.82 Å². The molecule has 2 aliphatic rings. The van der Waals surface area contributed by atoms with E-state index >= 15 is 0 Å². The van der Waals surface area contributed by atoms with E-state index in [4.69, 9.17) is 24.7 Å². The molecule has 4 aromatic rings. The number of likely N-dealkylation sites (tertiary alicyclic amines) is 1. The normalized spacial score (nSPS) is 19.2. The standard InChI is InChI=1S/C27H37N9O/c1-5-34(6-2)20-11-12-33(17-20)18-23-29-24-25(32(23)4)30-27(31-26(24)35-13-15-37-16-14-35)36-19(3)28-21-9-7-8-10-22(21)36/h7-10,20H,5-6,11-18H2,1-4H3. The Bertz CT molecular complexity index is 1400. The number of aromatic nitrogens is 6. The van der Waals surface area contributed by atoms with Crippen molar-refractivity contribution in [3.8, 4) is 5.95 Å². The highest BCUT2D eigenvalue weighted by molar-refractivity contribution is 5.86. The number of hydrogen-bond acceptors (Lipinski definition) is 8. The molecule has 0 spiro atoms. The maximum atomic E-state index is 5.64. The summed E-state index contributed by atoms with van der Waals surface area (Å²) < 4.78 is 9.85. The fourth-order valence-electron chi connectivity index (χ4n) is 5.91. The van der Waals surface area contributed by atoms with Gasteiger partial charge in [0.2, 0.25) is 5.95 Å². The second kappa shape index (κ2) is 10.00. The average molecular weight is 504 g/mol. The van der Waals surface area contributed by atoms with Crippen LogP contribution in [0, 0.1) is 6.92 Å². The number of para-hydroxylation sites is 2. The van der Waals surface area contributed by atoms with Gasteiger partial charge in [-0.15, -0.1) is 0 Å². The summed E-state index contributed by atoms with van der Waals surface area (Å²) >= 11 is 0. The van der Waals surface area contributed by atoms with Crippen molar-refractivity contribution < 1.29 is 4.74 Å². The van der Waals surface area contributed by atoms with Crippen LogP contribution < -0.4 is 4.90 Å². The molecule has 0 aliphatic carbocycles. The second-order valence-electron chi connectivity index (χ2n) is 10.1. The summed E-state index contributed by atoms with van der Waals surface area (Å²) in [4.78, 5) is 27.5. The van der Waals surface area contributed by atoms with Crippen molar-refractivity contribution in [2.75, 3.05) is 57.4 Å². The number of imidazole rings is 2. The molecule has 0 radical (unpaired) electrons. The lowest BCUT2D eigenvalue weighted by Gasteiger charge is -2.28. The lowest BCUT2D eigenvalue weighted by atomic mass is 10.2. The third-order valence-corrected chi connectivity index (χ3v) is 7.96. The van der Waals surface area contributed by atoms with Gasteiger partial charge in [0, 0.05) is 39.3 Å². The van der Waals surface area contributed by atoms with Gasteiger partial charge in [-0.3, -0.25) is 14.4 Å². The fourth-order valence-corrected chi connectivity index (χ4v) is 5.91. The zero-order valence-electron chi connectivity index (χ0n) is 22.4. The van der Waals surface area contributed by atoms with Crippen molar-refractivity contribution in [1.82, 2.24) is 38.9 Å². The summed E-state index contributed by atoms with van der Waals surface area (Å²) in [6.07, 6.45) is 1.21. The lowest BCUT2D eigenvalue weighted by Crippen LogP contribution is -2.37. The molecule has 2 fully saturated rings. The third kappa shape index (κ3) is 4.36. The summed E-state index contributed by atoms with van der Waals surface area (Å²) in [5, 5.41) is 0. The number of likely N-dealkylation sites (N-methyl/N-ethyl adjacent to an activating group) is 1. The zero-order chi connectivity index (χ0) is 25.5. The minimum Gasteiger partial charge on any atom is -0.378 e. The highest BCUT2D eigenvalue weighted by Gasteiger charge is 2.29. The van der Waals surface area contributed by atoms with E-state index < -0.39 is 0 Å². The van der Waals surface area contributed by atoms with Crippen LogP contribution in [-0.2, 0) is 18.3 Å². The number of morpholine rings is 1. The number of nitrogens with zero attached hydrogens (tertiary/aromatic N) is 9. The fraction of sp³-hybridized carbons (Fsp3) is 0.556. The minimum atomic E-state index is 0.623. The monoisotopic (exact) mass is 503 g/mol. The lowest BCUT2D eigenvalue weighted by molar-refractivity contribution is 0.122. The van der Waals surface area contributed by atoms with Crippen LogP contribution in [0.15, 0.2) is 24.3 Å². The Hall–Kier alpha value is -3.08. The van der Waals surface area contributed by atoms with E-state index in [9.17, 15) is 0 Å². The molecule has 1 atom stereocenters. The number of anilines is 1. The molecule has 10 nitrogen and oxygen atoms in total. The van der Waals surface area contributed by atoms with Gasteiger partial charge in [0.25, 0.3) is 0 Å². The Morgan fingerprint density at radius 3 is 2.57 bits per heavy atom. The second-order valence-corrected chi connectivity index (χ2v) is 10.1. The molecule has 0 saturated carbocycles. The highest BCUT2D eigenvalue weighted by Crippen LogP contribution is 2.29. The number of rotatable bonds is 7. The van der Waals surface area contributed by atoms with Gasteiger partial charge in [0.15, 0.2) is 17.0 Å². The third-order valence-electron chi connectivity index (χ3n) is 7.96. The van der Waals surface area contributed by atoms with Crippen molar-refractivity contribution in [2.45, 2.75) is 39.8 Å². The van der Waals surface area contributed by atoms with Crippen LogP contribution in [-0.4, -0.2) is 97.4 Å². The smallest absolute Gasteiger partial charge is 0.239 e. The van der Waals surface area contributed by atoms with Crippen molar-refractivity contribution in [2.24, 2.45) is 7.05 Å². The Balaban J connectivity index is 1.41. The summed E-state index contributed by atoms with van der Waals surface area (Å²) in [5.41, 5.74) is 3.68. The van der Waals surface area contributed by atoms with E-state index in [1.165, 1.54) is 6.42 Å². The summed E-state index contributed by atoms with van der Waals surface area (Å²) in [6.45, 7) is 14.7. The number of ether oxygens (including phenoxy) is 1. The topological polar surface area (TPSA) is 80.4 Å². The molecule has 1 unspecified atom stereocenters. The average Bonchev–Trinajstić information content (AvgIpc) is 3.61. The Morgan fingerprint density at radius 1 is 1.00 bits per heavy atom. The van der Waals surface area contributed by atoms with Crippen LogP contribution in [0.5, 0.6) is 0 Å². The van der Waals surface area contributed by atoms with Gasteiger partial charge in [0.05, 0.1) is 30.8 Å². The quantitative estimate of drug-likeness (QED) is 0.381. The maximum Gasteiger partial charge on any atom is 0.239 e. The van der Waals surface area contributed by atoms with Crippen LogP contribution in [0.1, 0.15) is 31.9 Å². The van der Waals surface area contributed by atoms with E-state index in [1.54, 1.807) is 0 Å². The molecule has 196 valence electrons. The summed E-state index contributed by atoms with van der Waals surface area (Å²) in [7, 11) is 2.08. The maximum absolute atomic E-state index is 5.64. The minimum absolute atomic E-state index is 0.623. The Kier molecular flexibility index (Phi) is 6.56. The summed E-state index contributed by atoms with van der Waals surface area (Å²) in [5.74, 6) is 3.42. The van der Waals surface area contributed by atoms with Crippen LogP contribution in [0.2, 0.25) is 0 Å². The SMILES string of the molecule is CCN(CC)C1CCN(Cc2nc3c(N4CCOCC4)nc(-n4c(C)nc5ccccc54)nc3n2C)C1. The van der Waals surface area contributed by atoms with Gasteiger partial charge in [-0.1, -0.05) is 26.0 Å². The van der Waals surface area contributed by atoms with Gasteiger partial charge in [0.1, 0.15) is 11.6 Å². The largest absolute Gasteiger partial charge is 0.378 e. The molecule has 1 aromatic carbocycles. The van der Waals surface area contributed by atoms with Crippen molar-refractivity contribution in [3.63, 3.8) is 0 Å². The number of fused-ring (bicyclic) bond motifs is 2. The van der Waals surface area contributed by atoms with Crippen molar-refractivity contribution in [1.29, 1.82) is 0 Å². The van der Waals surface area contributed by atoms with Crippen LogP contribution >= 0.6 is 0 Å². The number of aryl methyl sites for hydroxylation is 2. The molecule has 3 aromatic heterocycles. The van der Waals surface area contributed by atoms with Gasteiger partial charge in [-0.05, 0) is 38.6 Å². The van der Waals surface area contributed by atoms with E-state index in [1.807, 2.05) is 25.1 Å². The van der Waals surface area contributed by atoms with Gasteiger partial charge >= 0.3 is 0 Å². The first-order valence-corrected chi connectivity index (χ1v) is 13.5. The van der Waals surface area contributed by atoms with Gasteiger partial charge < -0.3 is 14.2 Å². The molecule has 0 N–H and O–H groups in total. The van der Waals surface area contributed by atoms with Crippen LogP contribution in [0.3, 0.4) is 0 Å². The highest BCUT2D eigenvalue weighted by atomic mass is 16.5. The Morgan fingerprint density at radius 2 is 1.78 bits per heavy atom. The summed E-state index contributed by atoms with van der Waals surface area (Å²) in [6, 6.07) is 8.77. The predicted molar refractivity (Wildman–Crippen MR) is 145 cm³/mol. The van der Waals surface area contributed by atoms with Crippen molar-refractivity contribution in [3.05, 3.63) is 35.9 Å². The van der Waals surface area contributed by atoms with E-state index in [-0.39, 0.29) is 0 Å². The van der Waals surface area contributed by atoms with E-state index in [0.29, 0.717) is 25.2 Å². The van der Waals surface area contributed by atoms with Gasteiger partial charge in [-0.25, -0.2) is 9.97 Å².